The van der Waals surface area contributed by atoms with Gasteiger partial charge >= 0.3 is 0 Å². The number of likely N-dealkylation sites (N-methyl/N-ethyl adjacent to an activating group) is 1. The Morgan fingerprint density at radius 3 is 2.85 bits per heavy atom. The molecule has 8 nitrogen and oxygen atoms in total. The van der Waals surface area contributed by atoms with E-state index in [4.69, 9.17) is 4.74 Å². The second-order valence-corrected chi connectivity index (χ2v) is 10.4. The number of H-pyrrole nitrogens is 1. The molecule has 1 aromatic carbocycles. The smallest absolute Gasteiger partial charge is 0.276 e. The highest BCUT2D eigenvalue weighted by atomic mass is 16.5. The number of hydrogen-bond donors (Lipinski definition) is 2. The Morgan fingerprint density at radius 1 is 1.32 bits per heavy atom. The minimum absolute atomic E-state index is 0.0793. The summed E-state index contributed by atoms with van der Waals surface area (Å²) in [6.07, 6.45) is 7.40. The van der Waals surface area contributed by atoms with E-state index in [1.165, 1.54) is 5.56 Å². The first-order valence-electron chi connectivity index (χ1n) is 12.1. The number of carbonyl (C=O) groups excluding carboxylic acids is 1. The molecule has 180 valence electrons. The first-order valence-corrected chi connectivity index (χ1v) is 12.1. The van der Waals surface area contributed by atoms with Gasteiger partial charge in [0.25, 0.3) is 5.91 Å². The van der Waals surface area contributed by atoms with Gasteiger partial charge in [-0.05, 0) is 43.7 Å². The van der Waals surface area contributed by atoms with Crippen LogP contribution in [0.2, 0.25) is 0 Å². The number of hydrogen-bond acceptors (Lipinski definition) is 5. The van der Waals surface area contributed by atoms with Crippen LogP contribution in [0.4, 0.5) is 5.69 Å². The topological polar surface area (TPSA) is 88.1 Å². The Kier molecular flexibility index (Phi) is 6.27. The van der Waals surface area contributed by atoms with Gasteiger partial charge < -0.3 is 10.1 Å². The van der Waals surface area contributed by atoms with Gasteiger partial charge in [-0.2, -0.15) is 10.2 Å². The molecule has 1 atom stereocenters. The molecule has 3 heterocycles. The van der Waals surface area contributed by atoms with Crippen molar-refractivity contribution in [3.05, 3.63) is 65.2 Å². The molecule has 5 rings (SSSR count). The normalized spacial score (nSPS) is 18.4. The van der Waals surface area contributed by atoms with Gasteiger partial charge in [-0.15, -0.1) is 0 Å². The van der Waals surface area contributed by atoms with Crippen molar-refractivity contribution in [3.63, 3.8) is 0 Å². The second-order valence-electron chi connectivity index (χ2n) is 10.4. The van der Waals surface area contributed by atoms with Crippen LogP contribution >= 0.6 is 0 Å². The summed E-state index contributed by atoms with van der Waals surface area (Å²) in [5.41, 5.74) is 4.75. The van der Waals surface area contributed by atoms with Crippen molar-refractivity contribution >= 4 is 11.6 Å². The third kappa shape index (κ3) is 4.79. The summed E-state index contributed by atoms with van der Waals surface area (Å²) < 4.78 is 7.30. The summed E-state index contributed by atoms with van der Waals surface area (Å²) in [6.45, 7) is 7.06. The molecule has 8 heteroatoms. The molecule has 1 aliphatic heterocycles. The van der Waals surface area contributed by atoms with Crippen molar-refractivity contribution in [3.8, 4) is 0 Å². The Morgan fingerprint density at radius 2 is 2.12 bits per heavy atom. The Hall–Kier alpha value is -2.97. The lowest BCUT2D eigenvalue weighted by Gasteiger charge is -2.35. The fourth-order valence-electron chi connectivity index (χ4n) is 4.91. The monoisotopic (exact) mass is 462 g/mol. The molecule has 3 aromatic rings. The molecule has 1 aliphatic carbocycles. The van der Waals surface area contributed by atoms with Crippen LogP contribution in [0.1, 0.15) is 60.0 Å². The standard InChI is InChI=1S/C26H34N6O2/c1-26(2)11-9-21-22(13-26)29-30-24(21)25(33)28-19-14-27-32(15-19)23(18-7-5-4-6-8-18)10-12-31(3)20-16-34-17-20/h4-8,14-15,20,23H,9-13,16-17H2,1-3H3,(H,28,33)(H,29,30). The molecule has 1 amide bonds. The van der Waals surface area contributed by atoms with Gasteiger partial charge in [0.05, 0.1) is 37.2 Å². The Bertz CT molecular complexity index is 1130. The van der Waals surface area contributed by atoms with Gasteiger partial charge in [-0.25, -0.2) is 0 Å². The number of nitrogens with zero attached hydrogens (tertiary/aromatic N) is 4. The predicted molar refractivity (Wildman–Crippen MR) is 131 cm³/mol. The zero-order valence-corrected chi connectivity index (χ0v) is 20.3. The minimum Gasteiger partial charge on any atom is -0.378 e. The van der Waals surface area contributed by atoms with Gasteiger partial charge in [-0.3, -0.25) is 19.5 Å². The van der Waals surface area contributed by atoms with Crippen LogP contribution in [0.25, 0.3) is 0 Å². The molecule has 34 heavy (non-hydrogen) atoms. The highest BCUT2D eigenvalue weighted by molar-refractivity contribution is 6.03. The molecule has 0 bridgehead atoms. The predicted octanol–water partition coefficient (Wildman–Crippen LogP) is 3.68. The lowest BCUT2D eigenvalue weighted by molar-refractivity contribution is -0.0567. The van der Waals surface area contributed by atoms with Gasteiger partial charge in [0.15, 0.2) is 5.69 Å². The van der Waals surface area contributed by atoms with Gasteiger partial charge in [-0.1, -0.05) is 44.2 Å². The summed E-state index contributed by atoms with van der Waals surface area (Å²) in [6, 6.07) is 11.0. The van der Waals surface area contributed by atoms with Crippen molar-refractivity contribution in [2.75, 3.05) is 32.1 Å². The number of anilines is 1. The molecule has 0 spiro atoms. The third-order valence-electron chi connectivity index (χ3n) is 7.24. The first-order chi connectivity index (χ1) is 16.4. The maximum Gasteiger partial charge on any atom is 0.276 e. The lowest BCUT2D eigenvalue weighted by Crippen LogP contribution is -2.47. The van der Waals surface area contributed by atoms with E-state index in [0.29, 0.717) is 17.4 Å². The summed E-state index contributed by atoms with van der Waals surface area (Å²) in [5.74, 6) is -0.183. The summed E-state index contributed by atoms with van der Waals surface area (Å²) in [4.78, 5) is 15.4. The van der Waals surface area contributed by atoms with E-state index >= 15 is 0 Å². The van der Waals surface area contributed by atoms with Crippen LogP contribution in [0.3, 0.4) is 0 Å². The van der Waals surface area contributed by atoms with Crippen LogP contribution in [0.5, 0.6) is 0 Å². The number of nitrogens with one attached hydrogen (secondary N) is 2. The van der Waals surface area contributed by atoms with E-state index in [9.17, 15) is 4.79 Å². The maximum atomic E-state index is 13.0. The van der Waals surface area contributed by atoms with Crippen LogP contribution in [-0.4, -0.2) is 63.6 Å². The van der Waals surface area contributed by atoms with E-state index in [0.717, 1.165) is 56.7 Å². The zero-order chi connectivity index (χ0) is 23.7. The number of fused-ring (bicyclic) bond motifs is 1. The number of aromatic nitrogens is 4. The van der Waals surface area contributed by atoms with Gasteiger partial charge in [0.1, 0.15) is 0 Å². The molecule has 0 saturated carbocycles. The molecule has 1 fully saturated rings. The molecule has 2 N–H and O–H groups in total. The average molecular weight is 463 g/mol. The zero-order valence-electron chi connectivity index (χ0n) is 20.3. The maximum absolute atomic E-state index is 13.0. The summed E-state index contributed by atoms with van der Waals surface area (Å²) in [7, 11) is 2.15. The Balaban J connectivity index is 1.30. The van der Waals surface area contributed by atoms with Crippen molar-refractivity contribution in [1.29, 1.82) is 0 Å². The van der Waals surface area contributed by atoms with Gasteiger partial charge in [0.2, 0.25) is 0 Å². The number of benzene rings is 1. The first kappa shape index (κ1) is 22.8. The molecule has 0 radical (unpaired) electrons. The van der Waals surface area contributed by atoms with E-state index in [1.807, 2.05) is 16.9 Å². The largest absolute Gasteiger partial charge is 0.378 e. The number of ether oxygens (including phenoxy) is 1. The highest BCUT2D eigenvalue weighted by Gasteiger charge is 2.31. The highest BCUT2D eigenvalue weighted by Crippen LogP contribution is 2.35. The average Bonchev–Trinajstić information content (AvgIpc) is 3.39. The fourth-order valence-corrected chi connectivity index (χ4v) is 4.91. The van der Waals surface area contributed by atoms with Crippen LogP contribution in [0.15, 0.2) is 42.7 Å². The van der Waals surface area contributed by atoms with Crippen molar-refractivity contribution in [2.24, 2.45) is 5.41 Å². The van der Waals surface area contributed by atoms with E-state index in [-0.39, 0.29) is 17.4 Å². The van der Waals surface area contributed by atoms with Crippen LogP contribution < -0.4 is 5.32 Å². The fraction of sp³-hybridized carbons (Fsp3) is 0.500. The number of amides is 1. The molecule has 1 unspecified atom stereocenters. The van der Waals surface area contributed by atoms with Crippen molar-refractivity contribution in [1.82, 2.24) is 24.9 Å². The van der Waals surface area contributed by atoms with E-state index < -0.39 is 0 Å². The van der Waals surface area contributed by atoms with Crippen LogP contribution in [0, 0.1) is 5.41 Å². The second kappa shape index (κ2) is 9.35. The number of aromatic amines is 1. The molecule has 2 aliphatic rings. The third-order valence-corrected chi connectivity index (χ3v) is 7.24. The minimum atomic E-state index is -0.183. The summed E-state index contributed by atoms with van der Waals surface area (Å²) >= 11 is 0. The van der Waals surface area contributed by atoms with E-state index in [2.05, 4.69) is 70.7 Å². The number of carbonyl (C=O) groups is 1. The van der Waals surface area contributed by atoms with Crippen molar-refractivity contribution < 1.29 is 9.53 Å². The SMILES string of the molecule is CN(CCC(c1ccccc1)n1cc(NC(=O)c2n[nH]c3c2CCC(C)(C)C3)cn1)C1COC1. The lowest BCUT2D eigenvalue weighted by atomic mass is 9.76. The number of rotatable bonds is 8. The Labute approximate surface area is 200 Å². The van der Waals surface area contributed by atoms with E-state index in [1.54, 1.807) is 6.20 Å². The quantitative estimate of drug-likeness (QED) is 0.533. The molecular formula is C26H34N6O2. The van der Waals surface area contributed by atoms with Crippen LogP contribution in [-0.2, 0) is 17.6 Å². The molecule has 2 aromatic heterocycles. The van der Waals surface area contributed by atoms with Crippen molar-refractivity contribution in [2.45, 2.75) is 51.6 Å². The molecular weight excluding hydrogens is 428 g/mol. The summed E-state index contributed by atoms with van der Waals surface area (Å²) in [5, 5.41) is 15.1. The van der Waals surface area contributed by atoms with Gasteiger partial charge in [0, 0.05) is 24.0 Å². The molecule has 1 saturated heterocycles.